The molecule has 0 heterocycles. The fourth-order valence-electron chi connectivity index (χ4n) is 2.22. The Morgan fingerprint density at radius 1 is 1.22 bits per heavy atom. The van der Waals surface area contributed by atoms with Crippen molar-refractivity contribution in [2.75, 3.05) is 12.4 Å². The van der Waals surface area contributed by atoms with E-state index in [2.05, 4.69) is 23.6 Å². The number of benzene rings is 2. The van der Waals surface area contributed by atoms with Gasteiger partial charge < -0.3 is 15.4 Å². The van der Waals surface area contributed by atoms with E-state index in [9.17, 15) is 9.18 Å². The molecule has 4 nitrogen and oxygen atoms in total. The monoisotopic (exact) mass is 316 g/mol. The van der Waals surface area contributed by atoms with Crippen molar-refractivity contribution in [3.8, 4) is 5.75 Å². The number of hydrogen-bond donors (Lipinski definition) is 2. The van der Waals surface area contributed by atoms with E-state index in [1.807, 2.05) is 19.1 Å². The lowest BCUT2D eigenvalue weighted by Crippen LogP contribution is -2.25. The molecule has 0 bridgehead atoms. The number of amides is 2. The molecule has 2 aromatic carbocycles. The van der Waals surface area contributed by atoms with Gasteiger partial charge in [0.1, 0.15) is 18.2 Å². The molecule has 0 saturated carbocycles. The molecule has 122 valence electrons. The third kappa shape index (κ3) is 4.45. The molecule has 0 unspecified atom stereocenters. The highest BCUT2D eigenvalue weighted by molar-refractivity contribution is 5.89. The Labute approximate surface area is 135 Å². The van der Waals surface area contributed by atoms with Gasteiger partial charge in [-0.3, -0.25) is 0 Å². The van der Waals surface area contributed by atoms with Gasteiger partial charge in [0.2, 0.25) is 0 Å². The number of anilines is 1. The summed E-state index contributed by atoms with van der Waals surface area (Å²) < 4.78 is 19.2. The molecule has 0 aliphatic rings. The smallest absolute Gasteiger partial charge is 0.318 e. The van der Waals surface area contributed by atoms with Crippen molar-refractivity contribution < 1.29 is 13.9 Å². The maximum atomic E-state index is 13.4. The van der Waals surface area contributed by atoms with Gasteiger partial charge in [0.15, 0.2) is 0 Å². The Morgan fingerprint density at radius 3 is 2.65 bits per heavy atom. The highest BCUT2D eigenvalue weighted by Gasteiger charge is 2.09. The number of ether oxygens (including phenoxy) is 1. The van der Waals surface area contributed by atoms with E-state index in [0.29, 0.717) is 11.3 Å². The number of nitrogens with one attached hydrogen (secondary N) is 2. The van der Waals surface area contributed by atoms with Gasteiger partial charge in [-0.1, -0.05) is 25.1 Å². The number of halogens is 1. The highest BCUT2D eigenvalue weighted by Crippen LogP contribution is 2.23. The summed E-state index contributed by atoms with van der Waals surface area (Å²) in [7, 11) is 1.50. The maximum Gasteiger partial charge on any atom is 0.318 e. The van der Waals surface area contributed by atoms with Crippen LogP contribution in [0.4, 0.5) is 14.9 Å². The number of rotatable bonds is 5. The van der Waals surface area contributed by atoms with Gasteiger partial charge in [-0.05, 0) is 42.7 Å². The van der Waals surface area contributed by atoms with Gasteiger partial charge in [0.25, 0.3) is 0 Å². The van der Waals surface area contributed by atoms with Crippen molar-refractivity contribution in [3.63, 3.8) is 0 Å². The zero-order valence-electron chi connectivity index (χ0n) is 13.6. The molecule has 0 atom stereocenters. The van der Waals surface area contributed by atoms with Crippen LogP contribution in [0.2, 0.25) is 0 Å². The number of hydrogen-bond acceptors (Lipinski definition) is 2. The van der Waals surface area contributed by atoms with Crippen molar-refractivity contribution >= 4 is 11.7 Å². The zero-order chi connectivity index (χ0) is 16.8. The van der Waals surface area contributed by atoms with Gasteiger partial charge in [0, 0.05) is 12.6 Å². The summed E-state index contributed by atoms with van der Waals surface area (Å²) in [4.78, 5) is 11.5. The first-order chi connectivity index (χ1) is 11.0. The summed E-state index contributed by atoms with van der Waals surface area (Å²) in [6, 6.07) is 9.88. The predicted molar refractivity (Wildman–Crippen MR) is 89.4 cm³/mol. The van der Waals surface area contributed by atoms with Crippen LogP contribution < -0.4 is 15.4 Å². The molecular formula is C18H21FN2O2. The second-order valence-electron chi connectivity index (χ2n) is 5.25. The van der Waals surface area contributed by atoms with Crippen LogP contribution in [0.5, 0.6) is 5.75 Å². The molecule has 0 aliphatic heterocycles. The van der Waals surface area contributed by atoms with Crippen molar-refractivity contribution in [1.82, 2.24) is 5.32 Å². The van der Waals surface area contributed by atoms with Crippen LogP contribution in [0.15, 0.2) is 36.4 Å². The average molecular weight is 316 g/mol. The lowest BCUT2D eigenvalue weighted by molar-refractivity contribution is 0.254. The van der Waals surface area contributed by atoms with E-state index in [-0.39, 0.29) is 6.61 Å². The van der Waals surface area contributed by atoms with E-state index < -0.39 is 11.8 Å². The van der Waals surface area contributed by atoms with Crippen LogP contribution in [-0.4, -0.2) is 13.1 Å². The largest absolute Gasteiger partial charge is 0.489 e. The molecular weight excluding hydrogens is 295 g/mol. The lowest BCUT2D eigenvalue weighted by atomic mass is 10.1. The second kappa shape index (κ2) is 7.63. The van der Waals surface area contributed by atoms with Gasteiger partial charge in [-0.15, -0.1) is 0 Å². The number of aryl methyl sites for hydroxylation is 2. The molecule has 2 aromatic rings. The lowest BCUT2D eigenvalue weighted by Gasteiger charge is -2.14. The van der Waals surface area contributed by atoms with Gasteiger partial charge in [-0.2, -0.15) is 0 Å². The quantitative estimate of drug-likeness (QED) is 0.875. The zero-order valence-corrected chi connectivity index (χ0v) is 13.6. The van der Waals surface area contributed by atoms with Gasteiger partial charge >= 0.3 is 6.03 Å². The third-order valence-corrected chi connectivity index (χ3v) is 3.58. The number of urea groups is 1. The van der Waals surface area contributed by atoms with E-state index >= 15 is 0 Å². The first kappa shape index (κ1) is 16.8. The van der Waals surface area contributed by atoms with Crippen molar-refractivity contribution in [3.05, 3.63) is 58.9 Å². The average Bonchev–Trinajstić information content (AvgIpc) is 2.54. The SMILES string of the molecule is CCc1ccc(OCc2ccc(F)cc2NC(=O)NC)c(C)c1. The third-order valence-electron chi connectivity index (χ3n) is 3.58. The Kier molecular flexibility index (Phi) is 5.57. The van der Waals surface area contributed by atoms with E-state index in [4.69, 9.17) is 4.74 Å². The molecule has 0 spiro atoms. The summed E-state index contributed by atoms with van der Waals surface area (Å²) >= 11 is 0. The van der Waals surface area contributed by atoms with Gasteiger partial charge in [0.05, 0.1) is 5.69 Å². The Morgan fingerprint density at radius 2 is 2.00 bits per heavy atom. The topological polar surface area (TPSA) is 50.4 Å². The Balaban J connectivity index is 2.15. The van der Waals surface area contributed by atoms with Crippen molar-refractivity contribution in [1.29, 1.82) is 0 Å². The molecule has 0 aliphatic carbocycles. The minimum Gasteiger partial charge on any atom is -0.489 e. The fourth-order valence-corrected chi connectivity index (χ4v) is 2.22. The van der Waals surface area contributed by atoms with E-state index in [1.165, 1.54) is 24.7 Å². The van der Waals surface area contributed by atoms with E-state index in [1.54, 1.807) is 6.07 Å². The normalized spacial score (nSPS) is 10.3. The van der Waals surface area contributed by atoms with Crippen LogP contribution in [0.25, 0.3) is 0 Å². The molecule has 0 radical (unpaired) electrons. The second-order valence-corrected chi connectivity index (χ2v) is 5.25. The highest BCUT2D eigenvalue weighted by atomic mass is 19.1. The Bertz CT molecular complexity index is 701. The summed E-state index contributed by atoms with van der Waals surface area (Å²) in [6.45, 7) is 4.33. The van der Waals surface area contributed by atoms with Crippen molar-refractivity contribution in [2.45, 2.75) is 26.9 Å². The van der Waals surface area contributed by atoms with Crippen LogP contribution in [0.1, 0.15) is 23.6 Å². The Hall–Kier alpha value is -2.56. The molecule has 2 rings (SSSR count). The maximum absolute atomic E-state index is 13.4. The summed E-state index contributed by atoms with van der Waals surface area (Å²) in [6.07, 6.45) is 0.972. The minimum absolute atomic E-state index is 0.242. The molecule has 2 amide bonds. The van der Waals surface area contributed by atoms with Crippen molar-refractivity contribution in [2.24, 2.45) is 0 Å². The molecule has 0 saturated heterocycles. The van der Waals surface area contributed by atoms with Crippen LogP contribution in [0.3, 0.4) is 0 Å². The van der Waals surface area contributed by atoms with Gasteiger partial charge in [-0.25, -0.2) is 9.18 Å². The fraction of sp³-hybridized carbons (Fsp3) is 0.278. The molecule has 0 aromatic heterocycles. The summed E-state index contributed by atoms with van der Waals surface area (Å²) in [5.74, 6) is 0.362. The van der Waals surface area contributed by atoms with Crippen LogP contribution >= 0.6 is 0 Å². The number of carbonyl (C=O) groups excluding carboxylic acids is 1. The number of carbonyl (C=O) groups is 1. The molecule has 23 heavy (non-hydrogen) atoms. The summed E-state index contributed by atoms with van der Waals surface area (Å²) in [5, 5.41) is 5.04. The van der Waals surface area contributed by atoms with E-state index in [0.717, 1.165) is 17.7 Å². The first-order valence-corrected chi connectivity index (χ1v) is 7.53. The minimum atomic E-state index is -0.413. The summed E-state index contributed by atoms with van der Waals surface area (Å²) in [5.41, 5.74) is 3.40. The standard InChI is InChI=1S/C18H21FN2O2/c1-4-13-5-8-17(12(2)9-13)23-11-14-6-7-15(19)10-16(14)21-18(22)20-3/h5-10H,4,11H2,1-3H3,(H2,20,21,22). The molecule has 0 fully saturated rings. The first-order valence-electron chi connectivity index (χ1n) is 7.53. The molecule has 5 heteroatoms. The van der Waals surface area contributed by atoms with Crippen LogP contribution in [-0.2, 0) is 13.0 Å². The van der Waals surface area contributed by atoms with Crippen LogP contribution in [0, 0.1) is 12.7 Å². The molecule has 2 N–H and O–H groups in total. The predicted octanol–water partition coefficient (Wildman–Crippen LogP) is 4.03.